The van der Waals surface area contributed by atoms with Crippen LogP contribution in [0.2, 0.25) is 0 Å². The minimum absolute atomic E-state index is 0.180. The monoisotopic (exact) mass is 364 g/mol. The number of aromatic nitrogens is 1. The molecule has 138 valence electrons. The van der Waals surface area contributed by atoms with E-state index in [0.717, 1.165) is 33.5 Å². The van der Waals surface area contributed by atoms with Crippen molar-refractivity contribution in [1.82, 2.24) is 9.29 Å². The standard InChI is InChI=1S/C19H28N2O3S/c1-12-13(2)15(4)19(16(5)14(12)3)25(23,24)20-10-9-18(22)17-8-7-11-21(17)6/h7-8,11,18,20,22H,9-10H2,1-6H3. The van der Waals surface area contributed by atoms with Crippen molar-refractivity contribution in [3.63, 3.8) is 0 Å². The zero-order valence-electron chi connectivity index (χ0n) is 15.8. The van der Waals surface area contributed by atoms with Crippen molar-refractivity contribution in [3.8, 4) is 0 Å². The van der Waals surface area contributed by atoms with Gasteiger partial charge in [0.25, 0.3) is 0 Å². The van der Waals surface area contributed by atoms with Gasteiger partial charge in [-0.05, 0) is 81.0 Å². The molecule has 0 aliphatic heterocycles. The Kier molecular flexibility index (Phi) is 5.76. The van der Waals surface area contributed by atoms with E-state index in [1.807, 2.05) is 64.6 Å². The second kappa shape index (κ2) is 7.32. The predicted octanol–water partition coefficient (Wildman–Crippen LogP) is 2.97. The van der Waals surface area contributed by atoms with Gasteiger partial charge in [0.15, 0.2) is 0 Å². The molecule has 1 aromatic heterocycles. The molecule has 0 spiro atoms. The van der Waals surface area contributed by atoms with Gasteiger partial charge in [0.05, 0.1) is 11.0 Å². The Morgan fingerprint density at radius 1 is 1.04 bits per heavy atom. The smallest absolute Gasteiger partial charge is 0.241 e. The Hall–Kier alpha value is -1.63. The van der Waals surface area contributed by atoms with E-state index in [4.69, 9.17) is 0 Å². The predicted molar refractivity (Wildman–Crippen MR) is 100 cm³/mol. The quantitative estimate of drug-likeness (QED) is 0.828. The number of aliphatic hydroxyl groups excluding tert-OH is 1. The number of sulfonamides is 1. The Bertz CT molecular complexity index is 853. The van der Waals surface area contributed by atoms with Gasteiger partial charge in [-0.15, -0.1) is 0 Å². The molecule has 0 aliphatic rings. The second-order valence-electron chi connectivity index (χ2n) is 6.70. The fourth-order valence-corrected chi connectivity index (χ4v) is 4.88. The van der Waals surface area contributed by atoms with E-state index in [9.17, 15) is 13.5 Å². The van der Waals surface area contributed by atoms with Gasteiger partial charge in [0.1, 0.15) is 0 Å². The first-order chi connectivity index (χ1) is 11.6. The van der Waals surface area contributed by atoms with Gasteiger partial charge < -0.3 is 9.67 Å². The third-order valence-corrected chi connectivity index (χ3v) is 6.97. The number of nitrogens with zero attached hydrogens (tertiary/aromatic N) is 1. The van der Waals surface area contributed by atoms with Crippen LogP contribution < -0.4 is 4.72 Å². The van der Waals surface area contributed by atoms with Crippen molar-refractivity contribution < 1.29 is 13.5 Å². The molecule has 5 nitrogen and oxygen atoms in total. The van der Waals surface area contributed by atoms with E-state index in [0.29, 0.717) is 11.3 Å². The summed E-state index contributed by atoms with van der Waals surface area (Å²) in [7, 11) is -1.77. The maximum absolute atomic E-state index is 12.8. The number of aryl methyl sites for hydroxylation is 1. The topological polar surface area (TPSA) is 71.3 Å². The molecule has 2 N–H and O–H groups in total. The summed E-state index contributed by atoms with van der Waals surface area (Å²) < 4.78 is 30.1. The first-order valence-electron chi connectivity index (χ1n) is 8.43. The van der Waals surface area contributed by atoms with E-state index in [2.05, 4.69) is 4.72 Å². The summed E-state index contributed by atoms with van der Waals surface area (Å²) in [5.41, 5.74) is 5.49. The highest BCUT2D eigenvalue weighted by Crippen LogP contribution is 2.29. The lowest BCUT2D eigenvalue weighted by Crippen LogP contribution is -2.28. The Morgan fingerprint density at radius 3 is 2.04 bits per heavy atom. The molecule has 2 rings (SSSR count). The maximum Gasteiger partial charge on any atom is 0.241 e. The van der Waals surface area contributed by atoms with E-state index in [-0.39, 0.29) is 6.54 Å². The Morgan fingerprint density at radius 2 is 1.56 bits per heavy atom. The number of rotatable bonds is 6. The van der Waals surface area contributed by atoms with Crippen molar-refractivity contribution >= 4 is 10.0 Å². The highest BCUT2D eigenvalue weighted by Gasteiger charge is 2.23. The van der Waals surface area contributed by atoms with Gasteiger partial charge in [0, 0.05) is 25.5 Å². The zero-order chi connectivity index (χ0) is 18.9. The zero-order valence-corrected chi connectivity index (χ0v) is 16.7. The van der Waals surface area contributed by atoms with Crippen molar-refractivity contribution in [2.75, 3.05) is 6.54 Å². The molecule has 1 aromatic carbocycles. The van der Waals surface area contributed by atoms with Crippen LogP contribution in [0.5, 0.6) is 0 Å². The first-order valence-corrected chi connectivity index (χ1v) is 9.92. The normalized spacial score (nSPS) is 13.2. The minimum Gasteiger partial charge on any atom is -0.387 e. The molecular formula is C19H28N2O3S. The number of hydrogen-bond acceptors (Lipinski definition) is 3. The molecule has 0 saturated carbocycles. The molecule has 0 amide bonds. The van der Waals surface area contributed by atoms with Crippen LogP contribution in [0.4, 0.5) is 0 Å². The van der Waals surface area contributed by atoms with Crippen molar-refractivity contribution in [2.24, 2.45) is 7.05 Å². The molecule has 1 unspecified atom stereocenters. The highest BCUT2D eigenvalue weighted by molar-refractivity contribution is 7.89. The molecule has 0 saturated heterocycles. The summed E-state index contributed by atoms with van der Waals surface area (Å²) in [5.74, 6) is 0. The average molecular weight is 365 g/mol. The third-order valence-electron chi connectivity index (χ3n) is 5.24. The first kappa shape index (κ1) is 19.7. The van der Waals surface area contributed by atoms with E-state index in [1.165, 1.54) is 0 Å². The van der Waals surface area contributed by atoms with Crippen molar-refractivity contribution in [2.45, 2.75) is 52.0 Å². The molecule has 0 fully saturated rings. The highest BCUT2D eigenvalue weighted by atomic mass is 32.2. The fourth-order valence-electron chi connectivity index (χ4n) is 3.24. The molecular weight excluding hydrogens is 336 g/mol. The van der Waals surface area contributed by atoms with Crippen LogP contribution in [0.15, 0.2) is 23.2 Å². The Balaban J connectivity index is 2.19. The van der Waals surface area contributed by atoms with Crippen LogP contribution in [-0.2, 0) is 17.1 Å². The van der Waals surface area contributed by atoms with Gasteiger partial charge in [-0.1, -0.05) is 0 Å². The SMILES string of the molecule is Cc1c(C)c(C)c(S(=O)(=O)NCCC(O)c2cccn2C)c(C)c1C. The Labute approximate surface area is 150 Å². The summed E-state index contributed by atoms with van der Waals surface area (Å²) in [4.78, 5) is 0.362. The van der Waals surface area contributed by atoms with Crippen LogP contribution in [0.25, 0.3) is 0 Å². The van der Waals surface area contributed by atoms with Gasteiger partial charge >= 0.3 is 0 Å². The molecule has 6 heteroatoms. The van der Waals surface area contributed by atoms with Gasteiger partial charge in [0.2, 0.25) is 10.0 Å². The maximum atomic E-state index is 12.8. The van der Waals surface area contributed by atoms with Crippen molar-refractivity contribution in [3.05, 3.63) is 51.8 Å². The molecule has 0 radical (unpaired) electrons. The van der Waals surface area contributed by atoms with Crippen LogP contribution in [-0.4, -0.2) is 24.6 Å². The minimum atomic E-state index is -3.63. The fraction of sp³-hybridized carbons (Fsp3) is 0.474. The molecule has 1 atom stereocenters. The average Bonchev–Trinajstić information content (AvgIpc) is 2.97. The molecule has 25 heavy (non-hydrogen) atoms. The van der Waals surface area contributed by atoms with E-state index in [1.54, 1.807) is 0 Å². The number of aliphatic hydroxyl groups is 1. The third kappa shape index (κ3) is 3.81. The number of hydrogen-bond donors (Lipinski definition) is 2. The van der Waals surface area contributed by atoms with Crippen LogP contribution in [0, 0.1) is 34.6 Å². The van der Waals surface area contributed by atoms with Crippen molar-refractivity contribution in [1.29, 1.82) is 0 Å². The summed E-state index contributed by atoms with van der Waals surface area (Å²) in [6.45, 7) is 9.80. The number of nitrogens with one attached hydrogen (secondary N) is 1. The lowest BCUT2D eigenvalue weighted by Gasteiger charge is -2.19. The van der Waals surface area contributed by atoms with E-state index < -0.39 is 16.1 Å². The molecule has 0 aliphatic carbocycles. The van der Waals surface area contributed by atoms with Crippen LogP contribution in [0.3, 0.4) is 0 Å². The lowest BCUT2D eigenvalue weighted by molar-refractivity contribution is 0.161. The summed E-state index contributed by atoms with van der Waals surface area (Å²) >= 11 is 0. The lowest BCUT2D eigenvalue weighted by atomic mass is 9.95. The summed E-state index contributed by atoms with van der Waals surface area (Å²) in [6, 6.07) is 3.69. The second-order valence-corrected chi connectivity index (χ2v) is 8.40. The van der Waals surface area contributed by atoms with Gasteiger partial charge in [-0.25, -0.2) is 13.1 Å². The summed E-state index contributed by atoms with van der Waals surface area (Å²) in [6.07, 6.45) is 1.47. The van der Waals surface area contributed by atoms with Crippen LogP contribution in [0.1, 0.15) is 46.0 Å². The number of benzene rings is 1. The largest absolute Gasteiger partial charge is 0.387 e. The molecule has 0 bridgehead atoms. The molecule has 2 aromatic rings. The van der Waals surface area contributed by atoms with Gasteiger partial charge in [-0.2, -0.15) is 0 Å². The van der Waals surface area contributed by atoms with E-state index >= 15 is 0 Å². The van der Waals surface area contributed by atoms with Gasteiger partial charge in [-0.3, -0.25) is 0 Å². The molecule has 1 heterocycles. The summed E-state index contributed by atoms with van der Waals surface area (Å²) in [5, 5.41) is 10.2. The van der Waals surface area contributed by atoms with Crippen LogP contribution >= 0.6 is 0 Å².